The fraction of sp³-hybridized carbons (Fsp3) is 0.333. The number of sulfonamides is 1. The maximum atomic E-state index is 12.4. The van der Waals surface area contributed by atoms with Gasteiger partial charge in [0.05, 0.1) is 30.7 Å². The summed E-state index contributed by atoms with van der Waals surface area (Å²) in [6, 6.07) is 9.51. The summed E-state index contributed by atoms with van der Waals surface area (Å²) >= 11 is 0. The molecule has 0 fully saturated rings. The second-order valence-electron chi connectivity index (χ2n) is 6.61. The van der Waals surface area contributed by atoms with Gasteiger partial charge in [0.2, 0.25) is 15.9 Å². The van der Waals surface area contributed by atoms with Crippen LogP contribution >= 0.6 is 0 Å². The van der Waals surface area contributed by atoms with E-state index in [4.69, 9.17) is 4.42 Å². The van der Waals surface area contributed by atoms with Crippen molar-refractivity contribution in [3.8, 4) is 0 Å². The minimum atomic E-state index is -3.68. The number of likely N-dealkylation sites (N-methyl/N-ethyl adjacent to an activating group) is 1. The van der Waals surface area contributed by atoms with E-state index >= 15 is 0 Å². The lowest BCUT2D eigenvalue weighted by atomic mass is 10.1. The molecule has 8 nitrogen and oxygen atoms in total. The van der Waals surface area contributed by atoms with Crippen LogP contribution in [-0.4, -0.2) is 45.4 Å². The molecule has 1 heterocycles. The number of carbonyl (C=O) groups is 2. The smallest absolute Gasteiger partial charge is 0.310 e. The summed E-state index contributed by atoms with van der Waals surface area (Å²) in [5.41, 5.74) is 0.672. The van der Waals surface area contributed by atoms with Crippen LogP contribution in [0.15, 0.2) is 58.1 Å². The number of methoxy groups -OCH3 is 1. The quantitative estimate of drug-likeness (QED) is 0.455. The van der Waals surface area contributed by atoms with Gasteiger partial charge in [0.1, 0.15) is 5.76 Å². The highest BCUT2D eigenvalue weighted by molar-refractivity contribution is 7.89. The third kappa shape index (κ3) is 6.57. The van der Waals surface area contributed by atoms with E-state index < -0.39 is 15.9 Å². The molecule has 0 saturated carbocycles. The van der Waals surface area contributed by atoms with Gasteiger partial charge in [0, 0.05) is 19.2 Å². The van der Waals surface area contributed by atoms with Crippen LogP contribution in [0.4, 0.5) is 0 Å². The maximum absolute atomic E-state index is 12.4. The molecule has 9 heteroatoms. The molecule has 1 aromatic carbocycles. The van der Waals surface area contributed by atoms with Gasteiger partial charge in [-0.2, -0.15) is 0 Å². The topological polar surface area (TPSA) is 106 Å². The van der Waals surface area contributed by atoms with Crippen LogP contribution < -0.4 is 4.72 Å². The zero-order valence-electron chi connectivity index (χ0n) is 17.2. The van der Waals surface area contributed by atoms with Crippen molar-refractivity contribution in [3.63, 3.8) is 0 Å². The van der Waals surface area contributed by atoms with Crippen molar-refractivity contribution in [1.82, 2.24) is 9.62 Å². The third-order valence-corrected chi connectivity index (χ3v) is 5.83. The molecule has 0 saturated heterocycles. The number of amides is 1. The molecule has 0 spiro atoms. The van der Waals surface area contributed by atoms with Crippen molar-refractivity contribution >= 4 is 28.0 Å². The number of nitrogens with zero attached hydrogens (tertiary/aromatic N) is 1. The molecule has 1 atom stereocenters. The Balaban J connectivity index is 1.99. The molecule has 0 radical (unpaired) electrons. The molecule has 1 N–H and O–H groups in total. The fourth-order valence-electron chi connectivity index (χ4n) is 2.67. The van der Waals surface area contributed by atoms with E-state index in [9.17, 15) is 18.0 Å². The standard InChI is InChI=1S/C21H26N2O6S/c1-4-23(15-16(2)21(25)28-3)20(24)12-9-17-7-10-19(11-8-17)30(26,27)22-14-18-6-5-13-29-18/h5-13,16,22H,4,14-15H2,1-3H3/b12-9+. The van der Waals surface area contributed by atoms with Crippen LogP contribution in [0, 0.1) is 5.92 Å². The Morgan fingerprint density at radius 3 is 2.50 bits per heavy atom. The van der Waals surface area contributed by atoms with Crippen molar-refractivity contribution in [2.45, 2.75) is 25.3 Å². The van der Waals surface area contributed by atoms with Crippen molar-refractivity contribution in [2.24, 2.45) is 5.92 Å². The van der Waals surface area contributed by atoms with Gasteiger partial charge in [-0.1, -0.05) is 19.1 Å². The Hall–Kier alpha value is -2.91. The van der Waals surface area contributed by atoms with Crippen molar-refractivity contribution in [3.05, 3.63) is 60.1 Å². The first-order valence-corrected chi connectivity index (χ1v) is 10.9. The summed E-state index contributed by atoms with van der Waals surface area (Å²) in [6.07, 6.45) is 4.47. The monoisotopic (exact) mass is 434 g/mol. The van der Waals surface area contributed by atoms with E-state index in [0.717, 1.165) is 0 Å². The maximum Gasteiger partial charge on any atom is 0.310 e. The van der Waals surface area contributed by atoms with Crippen LogP contribution in [0.25, 0.3) is 6.08 Å². The van der Waals surface area contributed by atoms with Crippen LogP contribution in [0.2, 0.25) is 0 Å². The molecule has 1 aromatic heterocycles. The number of nitrogens with one attached hydrogen (secondary N) is 1. The van der Waals surface area contributed by atoms with E-state index in [1.54, 1.807) is 37.3 Å². The van der Waals surface area contributed by atoms with Crippen LogP contribution in [0.1, 0.15) is 25.2 Å². The summed E-state index contributed by atoms with van der Waals surface area (Å²) in [6.45, 7) is 4.28. The molecule has 0 aliphatic carbocycles. The highest BCUT2D eigenvalue weighted by Crippen LogP contribution is 2.13. The predicted octanol–water partition coefficient (Wildman–Crippen LogP) is 2.43. The van der Waals surface area contributed by atoms with Gasteiger partial charge < -0.3 is 14.1 Å². The van der Waals surface area contributed by atoms with Gasteiger partial charge in [-0.05, 0) is 42.8 Å². The number of furan rings is 1. The Bertz CT molecular complexity index is 965. The number of benzene rings is 1. The summed E-state index contributed by atoms with van der Waals surface area (Å²) in [7, 11) is -2.37. The lowest BCUT2D eigenvalue weighted by Gasteiger charge is -2.22. The van der Waals surface area contributed by atoms with Gasteiger partial charge in [0.25, 0.3) is 0 Å². The molecule has 1 amide bonds. The van der Waals surface area contributed by atoms with Crippen LogP contribution in [-0.2, 0) is 30.9 Å². The average molecular weight is 435 g/mol. The Kier molecular flexibility index (Phi) is 8.37. The Morgan fingerprint density at radius 2 is 1.93 bits per heavy atom. The molecule has 1 unspecified atom stereocenters. The minimum Gasteiger partial charge on any atom is -0.469 e. The van der Waals surface area contributed by atoms with E-state index in [-0.39, 0.29) is 29.9 Å². The second kappa shape index (κ2) is 10.7. The predicted molar refractivity (Wildman–Crippen MR) is 112 cm³/mol. The molecule has 0 aliphatic heterocycles. The first kappa shape index (κ1) is 23.4. The largest absolute Gasteiger partial charge is 0.469 e. The number of esters is 1. The molecule has 2 rings (SSSR count). The number of hydrogen-bond donors (Lipinski definition) is 1. The summed E-state index contributed by atoms with van der Waals surface area (Å²) in [4.78, 5) is 25.6. The van der Waals surface area contributed by atoms with E-state index in [2.05, 4.69) is 9.46 Å². The second-order valence-corrected chi connectivity index (χ2v) is 8.37. The van der Waals surface area contributed by atoms with Crippen molar-refractivity contribution < 1.29 is 27.2 Å². The van der Waals surface area contributed by atoms with Gasteiger partial charge in [-0.25, -0.2) is 13.1 Å². The molecular weight excluding hydrogens is 408 g/mol. The Labute approximate surface area is 176 Å². The fourth-order valence-corrected chi connectivity index (χ4v) is 3.67. The molecule has 0 aliphatic rings. The van der Waals surface area contributed by atoms with Gasteiger partial charge in [-0.15, -0.1) is 0 Å². The zero-order valence-corrected chi connectivity index (χ0v) is 18.0. The number of carbonyl (C=O) groups excluding carboxylic acids is 2. The van der Waals surface area contributed by atoms with Crippen LogP contribution in [0.3, 0.4) is 0 Å². The molecule has 2 aromatic rings. The van der Waals surface area contributed by atoms with E-state index in [1.165, 1.54) is 36.5 Å². The van der Waals surface area contributed by atoms with Crippen molar-refractivity contribution in [1.29, 1.82) is 0 Å². The minimum absolute atomic E-state index is 0.0579. The molecular formula is C21H26N2O6S. The highest BCUT2D eigenvalue weighted by atomic mass is 32.2. The zero-order chi connectivity index (χ0) is 22.1. The first-order chi connectivity index (χ1) is 14.3. The number of rotatable bonds is 10. The van der Waals surface area contributed by atoms with Gasteiger partial charge >= 0.3 is 5.97 Å². The molecule has 30 heavy (non-hydrogen) atoms. The third-order valence-electron chi connectivity index (χ3n) is 4.42. The summed E-state index contributed by atoms with van der Waals surface area (Å²) in [5, 5.41) is 0. The number of ether oxygens (including phenoxy) is 1. The normalized spacial score (nSPS) is 12.6. The summed E-state index contributed by atoms with van der Waals surface area (Å²) in [5.74, 6) is -0.531. The summed E-state index contributed by atoms with van der Waals surface area (Å²) < 4.78 is 37.0. The number of hydrogen-bond acceptors (Lipinski definition) is 6. The molecule has 162 valence electrons. The SMILES string of the molecule is CCN(CC(C)C(=O)OC)C(=O)/C=C/c1ccc(S(=O)(=O)NCc2ccco2)cc1. The lowest BCUT2D eigenvalue weighted by Crippen LogP contribution is -2.36. The highest BCUT2D eigenvalue weighted by Gasteiger charge is 2.19. The Morgan fingerprint density at radius 1 is 1.23 bits per heavy atom. The lowest BCUT2D eigenvalue weighted by molar-refractivity contribution is -0.146. The van der Waals surface area contributed by atoms with Gasteiger partial charge in [-0.3, -0.25) is 9.59 Å². The van der Waals surface area contributed by atoms with E-state index in [0.29, 0.717) is 17.9 Å². The average Bonchev–Trinajstić information content (AvgIpc) is 3.27. The first-order valence-electron chi connectivity index (χ1n) is 9.43. The molecule has 0 bridgehead atoms. The van der Waals surface area contributed by atoms with Crippen LogP contribution in [0.5, 0.6) is 0 Å². The van der Waals surface area contributed by atoms with Gasteiger partial charge in [0.15, 0.2) is 0 Å². The van der Waals surface area contributed by atoms with Crippen molar-refractivity contribution in [2.75, 3.05) is 20.2 Å². The van der Waals surface area contributed by atoms with E-state index in [1.807, 2.05) is 6.92 Å².